The fourth-order valence-corrected chi connectivity index (χ4v) is 3.50. The Labute approximate surface area is 93.9 Å². The topological polar surface area (TPSA) is 6.48 Å². The first-order valence-electron chi connectivity index (χ1n) is 4.51. The van der Waals surface area contributed by atoms with Crippen LogP contribution in [0.1, 0.15) is 19.3 Å². The lowest BCUT2D eigenvalue weighted by Gasteiger charge is -2.25. The summed E-state index contributed by atoms with van der Waals surface area (Å²) in [5, 5.41) is 0. The first-order valence-corrected chi connectivity index (χ1v) is 7.02. The van der Waals surface area contributed by atoms with Gasteiger partial charge in [0.25, 0.3) is 0 Å². The Balaban J connectivity index is 2.13. The number of rotatable bonds is 2. The van der Waals surface area contributed by atoms with Crippen molar-refractivity contribution >= 4 is 38.3 Å². The lowest BCUT2D eigenvalue weighted by molar-refractivity contribution is 0.384. The Hall–Kier alpha value is 0.550. The van der Waals surface area contributed by atoms with E-state index in [2.05, 4.69) is 4.31 Å². The summed E-state index contributed by atoms with van der Waals surface area (Å²) in [6, 6.07) is 0. The Bertz CT molecular complexity index is 167. The number of hydrogen-bond donors (Lipinski definition) is 0. The van der Waals surface area contributed by atoms with Crippen molar-refractivity contribution in [3.63, 3.8) is 0 Å². The average Bonchev–Trinajstić information content (AvgIpc) is 2.15. The zero-order valence-corrected chi connectivity index (χ0v) is 10.6. The van der Waals surface area contributed by atoms with Crippen molar-refractivity contribution in [1.82, 2.24) is 9.21 Å². The highest BCUT2D eigenvalue weighted by molar-refractivity contribution is 8.82. The largest absolute Gasteiger partial charge is 0.363 e. The second kappa shape index (κ2) is 6.11. The predicted octanol–water partition coefficient (Wildman–Crippen LogP) is 2.62. The molecule has 1 rings (SSSR count). The molecule has 0 aliphatic carbocycles. The lowest BCUT2D eigenvalue weighted by Crippen LogP contribution is -2.23. The van der Waals surface area contributed by atoms with E-state index in [0.29, 0.717) is 0 Å². The van der Waals surface area contributed by atoms with Crippen LogP contribution in [0.2, 0.25) is 0 Å². The monoisotopic (exact) mass is 236 g/mol. The molecule has 0 aromatic carbocycles. The van der Waals surface area contributed by atoms with E-state index in [9.17, 15) is 0 Å². The third kappa shape index (κ3) is 4.54. The molecule has 1 aliphatic heterocycles. The molecule has 1 aliphatic rings. The fourth-order valence-electron chi connectivity index (χ4n) is 1.10. The summed E-state index contributed by atoms with van der Waals surface area (Å²) in [4.78, 5) is 1.98. The second-order valence-corrected chi connectivity index (χ2v) is 6.12. The average molecular weight is 236 g/mol. The molecule has 0 radical (unpaired) electrons. The van der Waals surface area contributed by atoms with E-state index >= 15 is 0 Å². The normalized spacial score (nSPS) is 18.6. The molecule has 0 bridgehead atoms. The van der Waals surface area contributed by atoms with Crippen molar-refractivity contribution in [3.8, 4) is 0 Å². The van der Waals surface area contributed by atoms with Gasteiger partial charge >= 0.3 is 0 Å². The molecule has 76 valence electrons. The highest BCUT2D eigenvalue weighted by Crippen LogP contribution is 2.30. The first kappa shape index (κ1) is 11.6. The zero-order valence-electron chi connectivity index (χ0n) is 8.15. The van der Waals surface area contributed by atoms with Crippen LogP contribution in [0, 0.1) is 0 Å². The highest BCUT2D eigenvalue weighted by Gasteiger charge is 2.12. The van der Waals surface area contributed by atoms with Gasteiger partial charge in [-0.3, -0.25) is 0 Å². The molecule has 0 unspecified atom stereocenters. The van der Waals surface area contributed by atoms with Crippen LogP contribution >= 0.6 is 34.0 Å². The van der Waals surface area contributed by atoms with Gasteiger partial charge < -0.3 is 4.90 Å². The van der Waals surface area contributed by atoms with Crippen LogP contribution in [-0.2, 0) is 0 Å². The Kier molecular flexibility index (Phi) is 5.47. The maximum atomic E-state index is 5.19. The molecule has 0 saturated carbocycles. The molecular weight excluding hydrogens is 220 g/mol. The first-order chi connectivity index (χ1) is 6.20. The van der Waals surface area contributed by atoms with Crippen molar-refractivity contribution in [1.29, 1.82) is 0 Å². The second-order valence-electron chi connectivity index (χ2n) is 3.31. The van der Waals surface area contributed by atoms with Crippen molar-refractivity contribution < 1.29 is 0 Å². The molecule has 0 aromatic rings. The summed E-state index contributed by atoms with van der Waals surface area (Å²) in [6.07, 6.45) is 4.06. The van der Waals surface area contributed by atoms with Crippen LogP contribution in [0.25, 0.3) is 0 Å². The molecule has 5 heteroatoms. The Morgan fingerprint density at radius 1 is 1.23 bits per heavy atom. The third-order valence-electron chi connectivity index (χ3n) is 1.89. The van der Waals surface area contributed by atoms with E-state index < -0.39 is 0 Å². The summed E-state index contributed by atoms with van der Waals surface area (Å²) in [7, 11) is 7.48. The summed E-state index contributed by atoms with van der Waals surface area (Å²) in [5.74, 6) is 0. The van der Waals surface area contributed by atoms with Gasteiger partial charge in [-0.05, 0) is 34.6 Å². The van der Waals surface area contributed by atoms with Crippen molar-refractivity contribution in [2.45, 2.75) is 19.3 Å². The summed E-state index contributed by atoms with van der Waals surface area (Å²) >= 11 is 5.19. The maximum absolute atomic E-state index is 5.19. The van der Waals surface area contributed by atoms with Gasteiger partial charge in [-0.2, -0.15) is 0 Å². The maximum Gasteiger partial charge on any atom is 0.147 e. The quantitative estimate of drug-likeness (QED) is 0.412. The van der Waals surface area contributed by atoms with Crippen molar-refractivity contribution in [2.24, 2.45) is 0 Å². The minimum absolute atomic E-state index is 0.954. The van der Waals surface area contributed by atoms with Crippen LogP contribution in [0.3, 0.4) is 0 Å². The molecule has 2 nitrogen and oxygen atoms in total. The van der Waals surface area contributed by atoms with Gasteiger partial charge in [-0.25, -0.2) is 4.31 Å². The van der Waals surface area contributed by atoms with Crippen molar-refractivity contribution in [2.75, 3.05) is 27.2 Å². The van der Waals surface area contributed by atoms with E-state index in [4.69, 9.17) is 12.2 Å². The van der Waals surface area contributed by atoms with E-state index in [1.807, 2.05) is 19.0 Å². The SMILES string of the molecule is CN(C)C(=S)SSN1CCCCC1. The number of hydrogen-bond acceptors (Lipinski definition) is 4. The zero-order chi connectivity index (χ0) is 9.68. The summed E-state index contributed by atoms with van der Waals surface area (Å²) in [6.45, 7) is 2.43. The minimum Gasteiger partial charge on any atom is -0.363 e. The van der Waals surface area contributed by atoms with Gasteiger partial charge in [0.15, 0.2) is 0 Å². The van der Waals surface area contributed by atoms with Gasteiger partial charge in [0.1, 0.15) is 4.32 Å². The summed E-state index contributed by atoms with van der Waals surface area (Å²) in [5.41, 5.74) is 0. The van der Waals surface area contributed by atoms with Crippen LogP contribution < -0.4 is 0 Å². The van der Waals surface area contributed by atoms with Crippen LogP contribution in [0.4, 0.5) is 0 Å². The smallest absolute Gasteiger partial charge is 0.147 e. The Morgan fingerprint density at radius 2 is 1.85 bits per heavy atom. The van der Waals surface area contributed by atoms with E-state index in [-0.39, 0.29) is 0 Å². The third-order valence-corrected chi connectivity index (χ3v) is 5.31. The molecule has 0 N–H and O–H groups in total. The molecule has 1 saturated heterocycles. The van der Waals surface area contributed by atoms with Gasteiger partial charge in [0.05, 0.1) is 0 Å². The van der Waals surface area contributed by atoms with Crippen LogP contribution in [-0.4, -0.2) is 40.7 Å². The number of thiocarbonyl (C=S) groups is 1. The lowest BCUT2D eigenvalue weighted by atomic mass is 10.2. The summed E-state index contributed by atoms with van der Waals surface area (Å²) < 4.78 is 3.36. The molecule has 13 heavy (non-hydrogen) atoms. The predicted molar refractivity (Wildman–Crippen MR) is 66.9 cm³/mol. The van der Waals surface area contributed by atoms with Crippen LogP contribution in [0.15, 0.2) is 0 Å². The van der Waals surface area contributed by atoms with E-state index in [1.165, 1.54) is 32.4 Å². The molecule has 1 fully saturated rings. The van der Waals surface area contributed by atoms with E-state index in [1.54, 1.807) is 21.8 Å². The molecule has 0 amide bonds. The van der Waals surface area contributed by atoms with Crippen LogP contribution in [0.5, 0.6) is 0 Å². The Morgan fingerprint density at radius 3 is 2.38 bits per heavy atom. The standard InChI is InChI=1S/C8H16N2S3/c1-9(2)8(11)12-13-10-6-4-3-5-7-10/h3-7H2,1-2H3. The fraction of sp³-hybridized carbons (Fsp3) is 0.875. The van der Waals surface area contributed by atoms with Crippen molar-refractivity contribution in [3.05, 3.63) is 0 Å². The molecule has 0 spiro atoms. The highest BCUT2D eigenvalue weighted by atomic mass is 33.1. The van der Waals surface area contributed by atoms with Gasteiger partial charge in [0, 0.05) is 27.2 Å². The van der Waals surface area contributed by atoms with E-state index in [0.717, 1.165) is 4.32 Å². The van der Waals surface area contributed by atoms with Gasteiger partial charge in [0.2, 0.25) is 0 Å². The molecule has 0 aromatic heterocycles. The van der Waals surface area contributed by atoms with Gasteiger partial charge in [-0.15, -0.1) is 0 Å². The number of piperidine rings is 1. The number of nitrogens with zero attached hydrogens (tertiary/aromatic N) is 2. The van der Waals surface area contributed by atoms with Gasteiger partial charge in [-0.1, -0.05) is 18.6 Å². The molecule has 1 heterocycles. The molecule has 0 atom stereocenters. The molecular formula is C8H16N2S3. The minimum atomic E-state index is 0.954.